The van der Waals surface area contributed by atoms with Crippen molar-refractivity contribution < 1.29 is 4.74 Å². The SMILES string of the molecule is Cc1csc(-c2ccc(OCC(C)(C)C)c(-n3cnnn3)c2)n1. The fraction of sp³-hybridized carbons (Fsp3) is 0.375. The molecule has 0 aliphatic carbocycles. The van der Waals surface area contributed by atoms with Crippen molar-refractivity contribution in [3.8, 4) is 22.0 Å². The number of aryl methyl sites for hydroxylation is 1. The summed E-state index contributed by atoms with van der Waals surface area (Å²) < 4.78 is 7.60. The average Bonchev–Trinajstić information content (AvgIpc) is 3.15. The maximum Gasteiger partial charge on any atom is 0.145 e. The third-order valence-electron chi connectivity index (χ3n) is 3.08. The number of aromatic nitrogens is 5. The predicted octanol–water partition coefficient (Wildman–Crippen LogP) is 3.52. The first-order chi connectivity index (χ1) is 10.9. The van der Waals surface area contributed by atoms with Gasteiger partial charge in [-0.05, 0) is 41.0 Å². The van der Waals surface area contributed by atoms with Gasteiger partial charge in [0.2, 0.25) is 0 Å². The zero-order chi connectivity index (χ0) is 16.4. The lowest BCUT2D eigenvalue weighted by molar-refractivity contribution is 0.197. The van der Waals surface area contributed by atoms with Crippen molar-refractivity contribution in [1.29, 1.82) is 0 Å². The number of nitrogens with zero attached hydrogens (tertiary/aromatic N) is 5. The van der Waals surface area contributed by atoms with Gasteiger partial charge in [0.15, 0.2) is 0 Å². The number of tetrazole rings is 1. The first kappa shape index (κ1) is 15.6. The van der Waals surface area contributed by atoms with E-state index in [1.807, 2.05) is 30.5 Å². The lowest BCUT2D eigenvalue weighted by Gasteiger charge is -2.20. The van der Waals surface area contributed by atoms with Gasteiger partial charge in [-0.15, -0.1) is 16.4 Å². The Morgan fingerprint density at radius 1 is 1.26 bits per heavy atom. The number of benzene rings is 1. The molecule has 0 bridgehead atoms. The molecular weight excluding hydrogens is 310 g/mol. The Morgan fingerprint density at radius 2 is 2.09 bits per heavy atom. The molecule has 6 nitrogen and oxygen atoms in total. The first-order valence-electron chi connectivity index (χ1n) is 7.35. The van der Waals surface area contributed by atoms with Crippen molar-refractivity contribution in [1.82, 2.24) is 25.2 Å². The van der Waals surface area contributed by atoms with Gasteiger partial charge >= 0.3 is 0 Å². The van der Waals surface area contributed by atoms with Crippen LogP contribution in [0.25, 0.3) is 16.3 Å². The standard InChI is InChI=1S/C16H19N5OS/c1-11-8-23-15(18-11)12-5-6-14(22-9-16(2,3)4)13(7-12)21-10-17-19-20-21/h5-8,10H,9H2,1-4H3. The van der Waals surface area contributed by atoms with Gasteiger partial charge in [0, 0.05) is 16.6 Å². The molecule has 7 heteroatoms. The Kier molecular flexibility index (Phi) is 4.12. The lowest BCUT2D eigenvalue weighted by Crippen LogP contribution is -2.17. The summed E-state index contributed by atoms with van der Waals surface area (Å²) in [4.78, 5) is 4.54. The third kappa shape index (κ3) is 3.73. The molecule has 0 atom stereocenters. The molecule has 0 amide bonds. The zero-order valence-electron chi connectivity index (χ0n) is 13.6. The number of hydrogen-bond acceptors (Lipinski definition) is 6. The van der Waals surface area contributed by atoms with Crippen LogP contribution in [0.15, 0.2) is 29.9 Å². The minimum absolute atomic E-state index is 0.0724. The minimum atomic E-state index is 0.0724. The average molecular weight is 329 g/mol. The van der Waals surface area contributed by atoms with Gasteiger partial charge in [-0.2, -0.15) is 4.68 Å². The molecule has 0 fully saturated rings. The quantitative estimate of drug-likeness (QED) is 0.732. The molecule has 2 aromatic heterocycles. The van der Waals surface area contributed by atoms with Crippen molar-refractivity contribution in [2.75, 3.05) is 6.61 Å². The van der Waals surface area contributed by atoms with Crippen LogP contribution < -0.4 is 4.74 Å². The Bertz CT molecular complexity index is 789. The highest BCUT2D eigenvalue weighted by Gasteiger charge is 2.15. The van der Waals surface area contributed by atoms with Crippen LogP contribution in [-0.2, 0) is 0 Å². The van der Waals surface area contributed by atoms with Crippen LogP contribution in [0.3, 0.4) is 0 Å². The highest BCUT2D eigenvalue weighted by Crippen LogP contribution is 2.31. The smallest absolute Gasteiger partial charge is 0.145 e. The zero-order valence-corrected chi connectivity index (χ0v) is 14.5. The molecule has 0 spiro atoms. The van der Waals surface area contributed by atoms with Gasteiger partial charge in [-0.25, -0.2) is 4.98 Å². The Hall–Kier alpha value is -2.28. The van der Waals surface area contributed by atoms with Crippen LogP contribution in [0.2, 0.25) is 0 Å². The summed E-state index contributed by atoms with van der Waals surface area (Å²) in [5.41, 5.74) is 2.92. The summed E-state index contributed by atoms with van der Waals surface area (Å²) in [7, 11) is 0. The highest BCUT2D eigenvalue weighted by atomic mass is 32.1. The fourth-order valence-corrected chi connectivity index (χ4v) is 2.80. The van der Waals surface area contributed by atoms with E-state index in [0.29, 0.717) is 6.61 Å². The second-order valence-electron chi connectivity index (χ2n) is 6.58. The van der Waals surface area contributed by atoms with E-state index in [9.17, 15) is 0 Å². The summed E-state index contributed by atoms with van der Waals surface area (Å²) >= 11 is 1.62. The van der Waals surface area contributed by atoms with Crippen LogP contribution in [-0.4, -0.2) is 31.8 Å². The van der Waals surface area contributed by atoms with Gasteiger partial charge in [-0.3, -0.25) is 0 Å². The second kappa shape index (κ2) is 6.08. The summed E-state index contributed by atoms with van der Waals surface area (Å²) in [6, 6.07) is 5.98. The molecular formula is C16H19N5OS. The van der Waals surface area contributed by atoms with Crippen LogP contribution in [0.4, 0.5) is 0 Å². The number of hydrogen-bond donors (Lipinski definition) is 0. The number of rotatable bonds is 4. The van der Waals surface area contributed by atoms with Crippen molar-refractivity contribution in [2.45, 2.75) is 27.7 Å². The van der Waals surface area contributed by atoms with E-state index in [1.165, 1.54) is 0 Å². The summed E-state index contributed by atoms with van der Waals surface area (Å²) in [6.07, 6.45) is 1.57. The molecule has 120 valence electrons. The van der Waals surface area contributed by atoms with Crippen molar-refractivity contribution in [3.63, 3.8) is 0 Å². The molecule has 0 unspecified atom stereocenters. The topological polar surface area (TPSA) is 65.7 Å². The second-order valence-corrected chi connectivity index (χ2v) is 7.44. The Morgan fingerprint density at radius 3 is 2.70 bits per heavy atom. The van der Waals surface area contributed by atoms with Crippen LogP contribution in [0.5, 0.6) is 5.75 Å². The number of ether oxygens (including phenoxy) is 1. The van der Waals surface area contributed by atoms with E-state index in [2.05, 4.69) is 41.3 Å². The monoisotopic (exact) mass is 329 g/mol. The molecule has 3 aromatic rings. The summed E-state index contributed by atoms with van der Waals surface area (Å²) in [5, 5.41) is 14.4. The largest absolute Gasteiger partial charge is 0.491 e. The maximum atomic E-state index is 5.99. The fourth-order valence-electron chi connectivity index (χ4n) is 2.00. The molecule has 0 saturated carbocycles. The predicted molar refractivity (Wildman–Crippen MR) is 89.9 cm³/mol. The van der Waals surface area contributed by atoms with E-state index in [-0.39, 0.29) is 5.41 Å². The molecule has 23 heavy (non-hydrogen) atoms. The molecule has 3 rings (SSSR count). The van der Waals surface area contributed by atoms with Gasteiger partial charge in [0.25, 0.3) is 0 Å². The first-order valence-corrected chi connectivity index (χ1v) is 8.23. The van der Waals surface area contributed by atoms with Crippen LogP contribution >= 0.6 is 11.3 Å². The third-order valence-corrected chi connectivity index (χ3v) is 4.09. The normalized spacial score (nSPS) is 11.7. The molecule has 0 N–H and O–H groups in total. The molecule has 2 heterocycles. The molecule has 0 saturated heterocycles. The van der Waals surface area contributed by atoms with Crippen molar-refractivity contribution in [2.24, 2.45) is 5.41 Å². The van der Waals surface area contributed by atoms with Crippen LogP contribution in [0, 0.1) is 12.3 Å². The molecule has 0 aliphatic rings. The molecule has 0 aliphatic heterocycles. The summed E-state index contributed by atoms with van der Waals surface area (Å²) in [6.45, 7) is 9.00. The van der Waals surface area contributed by atoms with E-state index in [1.54, 1.807) is 22.3 Å². The summed E-state index contributed by atoms with van der Waals surface area (Å²) in [5.74, 6) is 0.754. The maximum absolute atomic E-state index is 5.99. The van der Waals surface area contributed by atoms with E-state index < -0.39 is 0 Å². The van der Waals surface area contributed by atoms with Crippen LogP contribution in [0.1, 0.15) is 26.5 Å². The van der Waals surface area contributed by atoms with Gasteiger partial charge in [0.05, 0.1) is 6.61 Å². The van der Waals surface area contributed by atoms with Crippen molar-refractivity contribution >= 4 is 11.3 Å². The van der Waals surface area contributed by atoms with E-state index in [4.69, 9.17) is 4.74 Å². The van der Waals surface area contributed by atoms with Gasteiger partial charge in [0.1, 0.15) is 22.8 Å². The van der Waals surface area contributed by atoms with E-state index in [0.717, 1.165) is 27.7 Å². The number of thiazole rings is 1. The minimum Gasteiger partial charge on any atom is -0.491 e. The van der Waals surface area contributed by atoms with Crippen molar-refractivity contribution in [3.05, 3.63) is 35.6 Å². The van der Waals surface area contributed by atoms with Gasteiger partial charge in [-0.1, -0.05) is 20.8 Å². The Balaban J connectivity index is 1.99. The Labute approximate surface area is 139 Å². The lowest BCUT2D eigenvalue weighted by atomic mass is 9.99. The molecule has 1 aromatic carbocycles. The molecule has 0 radical (unpaired) electrons. The van der Waals surface area contributed by atoms with Gasteiger partial charge < -0.3 is 4.74 Å². The highest BCUT2D eigenvalue weighted by molar-refractivity contribution is 7.13. The van der Waals surface area contributed by atoms with E-state index >= 15 is 0 Å².